The molecule has 0 aliphatic carbocycles. The van der Waals surface area contributed by atoms with E-state index in [9.17, 15) is 0 Å². The molecule has 0 saturated carbocycles. The third-order valence-electron chi connectivity index (χ3n) is 2.13. The average molecular weight is 244 g/mol. The molecule has 1 rings (SSSR count). The fraction of sp³-hybridized carbons (Fsp3) is 0.500. The lowest BCUT2D eigenvalue weighted by molar-refractivity contribution is 0.188. The van der Waals surface area contributed by atoms with Crippen LogP contribution in [0.3, 0.4) is 0 Å². The van der Waals surface area contributed by atoms with Gasteiger partial charge in [-0.05, 0) is 25.5 Å². The number of aliphatic hydroxyl groups is 1. The fourth-order valence-electron chi connectivity index (χ4n) is 1.34. The van der Waals surface area contributed by atoms with E-state index in [4.69, 9.17) is 21.4 Å². The Labute approximate surface area is 101 Å². The summed E-state index contributed by atoms with van der Waals surface area (Å²) in [5, 5.41) is 12.7. The molecule has 0 fully saturated rings. The highest BCUT2D eigenvalue weighted by Gasteiger charge is 2.04. The summed E-state index contributed by atoms with van der Waals surface area (Å²) < 4.78 is 5.57. The number of hydrogen-bond acceptors (Lipinski definition) is 3. The second-order valence-corrected chi connectivity index (χ2v) is 4.19. The maximum atomic E-state index is 9.03. The second-order valence-electron chi connectivity index (χ2n) is 3.79. The highest BCUT2D eigenvalue weighted by molar-refractivity contribution is 6.32. The molecule has 1 unspecified atom stereocenters. The number of aryl methyl sites for hydroxylation is 1. The van der Waals surface area contributed by atoms with Crippen LogP contribution in [0.1, 0.15) is 12.5 Å². The Balaban J connectivity index is 2.32. The molecule has 1 atom stereocenters. The van der Waals surface area contributed by atoms with Crippen molar-refractivity contribution in [3.05, 3.63) is 28.8 Å². The molecule has 16 heavy (non-hydrogen) atoms. The van der Waals surface area contributed by atoms with Crippen molar-refractivity contribution in [1.82, 2.24) is 5.32 Å². The highest BCUT2D eigenvalue weighted by Crippen LogP contribution is 2.27. The zero-order valence-corrected chi connectivity index (χ0v) is 10.4. The first-order valence-electron chi connectivity index (χ1n) is 5.38. The summed E-state index contributed by atoms with van der Waals surface area (Å²) in [6, 6.07) is 5.67. The first kappa shape index (κ1) is 13.3. The van der Waals surface area contributed by atoms with Crippen LogP contribution >= 0.6 is 11.6 Å². The van der Waals surface area contributed by atoms with Crippen molar-refractivity contribution >= 4 is 11.6 Å². The smallest absolute Gasteiger partial charge is 0.140 e. The van der Waals surface area contributed by atoms with Crippen LogP contribution in [0.4, 0.5) is 0 Å². The molecule has 4 heteroatoms. The highest BCUT2D eigenvalue weighted by atomic mass is 35.5. The molecular formula is C12H18ClNO2. The van der Waals surface area contributed by atoms with E-state index in [0.29, 0.717) is 24.7 Å². The van der Waals surface area contributed by atoms with E-state index in [1.807, 2.05) is 25.1 Å². The van der Waals surface area contributed by atoms with E-state index >= 15 is 0 Å². The Morgan fingerprint density at radius 1 is 1.50 bits per heavy atom. The van der Waals surface area contributed by atoms with Gasteiger partial charge in [-0.2, -0.15) is 0 Å². The van der Waals surface area contributed by atoms with Crippen molar-refractivity contribution in [2.75, 3.05) is 19.7 Å². The standard InChI is InChI=1S/C12H18ClNO2/c1-9-4-3-5-11(13)12(9)16-7-6-14-8-10(2)15/h3-5,10,14-15H,6-8H2,1-2H3. The van der Waals surface area contributed by atoms with Gasteiger partial charge in [0.15, 0.2) is 0 Å². The first-order chi connectivity index (χ1) is 7.61. The number of nitrogens with one attached hydrogen (secondary N) is 1. The van der Waals surface area contributed by atoms with Gasteiger partial charge in [0.1, 0.15) is 12.4 Å². The Hall–Kier alpha value is -0.770. The fourth-order valence-corrected chi connectivity index (χ4v) is 1.61. The molecule has 1 aromatic carbocycles. The molecule has 1 aromatic rings. The molecule has 0 aromatic heterocycles. The van der Waals surface area contributed by atoms with Crippen LogP contribution in [-0.2, 0) is 0 Å². The summed E-state index contributed by atoms with van der Waals surface area (Å²) in [7, 11) is 0. The Bertz CT molecular complexity index is 309. The van der Waals surface area contributed by atoms with Crippen molar-refractivity contribution in [2.45, 2.75) is 20.0 Å². The van der Waals surface area contributed by atoms with Crippen LogP contribution < -0.4 is 10.1 Å². The second kappa shape index (κ2) is 6.74. The summed E-state index contributed by atoms with van der Waals surface area (Å²) >= 11 is 6.01. The van der Waals surface area contributed by atoms with Crippen LogP contribution in [0.25, 0.3) is 0 Å². The maximum absolute atomic E-state index is 9.03. The topological polar surface area (TPSA) is 41.5 Å². The van der Waals surface area contributed by atoms with E-state index in [0.717, 1.165) is 11.3 Å². The number of benzene rings is 1. The van der Waals surface area contributed by atoms with Crippen molar-refractivity contribution in [3.8, 4) is 5.75 Å². The minimum absolute atomic E-state index is 0.331. The molecule has 0 radical (unpaired) electrons. The normalized spacial score (nSPS) is 12.5. The van der Waals surface area contributed by atoms with Crippen molar-refractivity contribution in [2.24, 2.45) is 0 Å². The van der Waals surface area contributed by atoms with Crippen LogP contribution in [0.2, 0.25) is 5.02 Å². The molecule has 2 N–H and O–H groups in total. The third kappa shape index (κ3) is 4.39. The predicted octanol–water partition coefficient (Wildman–Crippen LogP) is 2.00. The van der Waals surface area contributed by atoms with Gasteiger partial charge in [-0.15, -0.1) is 0 Å². The third-order valence-corrected chi connectivity index (χ3v) is 2.43. The van der Waals surface area contributed by atoms with E-state index in [-0.39, 0.29) is 6.10 Å². The van der Waals surface area contributed by atoms with Crippen LogP contribution in [0, 0.1) is 6.92 Å². The Morgan fingerprint density at radius 3 is 2.88 bits per heavy atom. The van der Waals surface area contributed by atoms with Gasteiger partial charge in [-0.3, -0.25) is 0 Å². The molecule has 0 amide bonds. The van der Waals surface area contributed by atoms with Gasteiger partial charge in [0.2, 0.25) is 0 Å². The summed E-state index contributed by atoms with van der Waals surface area (Å²) in [6.07, 6.45) is -0.331. The first-order valence-corrected chi connectivity index (χ1v) is 5.75. The minimum Gasteiger partial charge on any atom is -0.490 e. The zero-order chi connectivity index (χ0) is 12.0. The van der Waals surface area contributed by atoms with Crippen molar-refractivity contribution in [3.63, 3.8) is 0 Å². The van der Waals surface area contributed by atoms with Gasteiger partial charge in [0.25, 0.3) is 0 Å². The van der Waals surface area contributed by atoms with E-state index in [1.165, 1.54) is 0 Å². The SMILES string of the molecule is Cc1cccc(Cl)c1OCCNCC(C)O. The van der Waals surface area contributed by atoms with Gasteiger partial charge in [-0.25, -0.2) is 0 Å². The molecule has 0 saturated heterocycles. The molecule has 0 bridgehead atoms. The molecule has 0 aliphatic rings. The quantitative estimate of drug-likeness (QED) is 0.751. The van der Waals surface area contributed by atoms with Crippen LogP contribution in [-0.4, -0.2) is 30.9 Å². The van der Waals surface area contributed by atoms with Gasteiger partial charge >= 0.3 is 0 Å². The summed E-state index contributed by atoms with van der Waals surface area (Å²) in [5.41, 5.74) is 1.03. The molecule has 3 nitrogen and oxygen atoms in total. The number of hydrogen-bond donors (Lipinski definition) is 2. The van der Waals surface area contributed by atoms with E-state index in [1.54, 1.807) is 6.92 Å². The number of para-hydroxylation sites is 1. The Morgan fingerprint density at radius 2 is 2.25 bits per heavy atom. The number of aliphatic hydroxyl groups excluding tert-OH is 1. The zero-order valence-electron chi connectivity index (χ0n) is 9.66. The van der Waals surface area contributed by atoms with E-state index < -0.39 is 0 Å². The number of ether oxygens (including phenoxy) is 1. The maximum Gasteiger partial charge on any atom is 0.140 e. The lowest BCUT2D eigenvalue weighted by Gasteiger charge is -2.11. The number of rotatable bonds is 6. The monoisotopic (exact) mass is 243 g/mol. The molecule has 0 heterocycles. The largest absolute Gasteiger partial charge is 0.490 e. The van der Waals surface area contributed by atoms with Crippen LogP contribution in [0.15, 0.2) is 18.2 Å². The van der Waals surface area contributed by atoms with Gasteiger partial charge in [0.05, 0.1) is 11.1 Å². The molecule has 0 aliphatic heterocycles. The summed E-state index contributed by atoms with van der Waals surface area (Å²) in [4.78, 5) is 0. The van der Waals surface area contributed by atoms with Gasteiger partial charge in [0, 0.05) is 13.1 Å². The lowest BCUT2D eigenvalue weighted by Crippen LogP contribution is -2.28. The van der Waals surface area contributed by atoms with Gasteiger partial charge in [-0.1, -0.05) is 23.7 Å². The van der Waals surface area contributed by atoms with Crippen molar-refractivity contribution < 1.29 is 9.84 Å². The van der Waals surface area contributed by atoms with E-state index in [2.05, 4.69) is 5.32 Å². The molecule has 90 valence electrons. The lowest BCUT2D eigenvalue weighted by atomic mass is 10.2. The minimum atomic E-state index is -0.331. The van der Waals surface area contributed by atoms with Crippen LogP contribution in [0.5, 0.6) is 5.75 Å². The van der Waals surface area contributed by atoms with Gasteiger partial charge < -0.3 is 15.2 Å². The van der Waals surface area contributed by atoms with Crippen molar-refractivity contribution in [1.29, 1.82) is 0 Å². The summed E-state index contributed by atoms with van der Waals surface area (Å²) in [5.74, 6) is 0.739. The predicted molar refractivity (Wildman–Crippen MR) is 66.2 cm³/mol. The number of halogens is 1. The molecule has 0 spiro atoms. The summed E-state index contributed by atoms with van der Waals surface area (Å²) in [6.45, 7) is 5.51. The molecular weight excluding hydrogens is 226 g/mol. The Kier molecular flexibility index (Phi) is 5.60. The average Bonchev–Trinajstić information content (AvgIpc) is 2.21.